The van der Waals surface area contributed by atoms with Gasteiger partial charge in [0.25, 0.3) is 0 Å². The topological polar surface area (TPSA) is 0 Å². The predicted molar refractivity (Wildman–Crippen MR) is 59.6 cm³/mol. The van der Waals surface area contributed by atoms with Gasteiger partial charge in [-0.1, -0.05) is 44.6 Å². The highest BCUT2D eigenvalue weighted by Gasteiger charge is 2.11. The zero-order valence-corrected chi connectivity index (χ0v) is 9.38. The van der Waals surface area contributed by atoms with Crippen molar-refractivity contribution < 1.29 is 0 Å². The molecule has 0 saturated heterocycles. The van der Waals surface area contributed by atoms with Crippen LogP contribution < -0.4 is 0 Å². The Kier molecular flexibility index (Phi) is 3.77. The first-order chi connectivity index (χ1) is 6.09. The molecule has 0 bridgehead atoms. The molecule has 0 aromatic rings. The molecule has 13 heavy (non-hydrogen) atoms. The number of hydrogen-bond acceptors (Lipinski definition) is 0. The molecule has 1 rings (SSSR count). The third kappa shape index (κ3) is 3.38. The standard InChI is InChI=1S/C13H22/c1-10-5-7-12(3)13(4)8-6-11(2)9-10/h5,7,9,11-13H,6,8H2,1-4H3/t11?,12-,13+/m0/s1. The maximum absolute atomic E-state index is 2.39. The van der Waals surface area contributed by atoms with Crippen LogP contribution in [0.2, 0.25) is 0 Å². The lowest BCUT2D eigenvalue weighted by molar-refractivity contribution is 0.396. The lowest BCUT2D eigenvalue weighted by Crippen LogP contribution is -2.05. The summed E-state index contributed by atoms with van der Waals surface area (Å²) >= 11 is 0. The minimum atomic E-state index is 0.730. The molecule has 0 nitrogen and oxygen atoms in total. The van der Waals surface area contributed by atoms with E-state index in [0.717, 1.165) is 17.8 Å². The van der Waals surface area contributed by atoms with E-state index >= 15 is 0 Å². The van der Waals surface area contributed by atoms with E-state index in [2.05, 4.69) is 45.9 Å². The highest BCUT2D eigenvalue weighted by molar-refractivity contribution is 5.18. The van der Waals surface area contributed by atoms with Gasteiger partial charge in [0.05, 0.1) is 0 Å². The molecule has 0 saturated carbocycles. The van der Waals surface area contributed by atoms with E-state index in [9.17, 15) is 0 Å². The number of allylic oxidation sites excluding steroid dienone is 4. The quantitative estimate of drug-likeness (QED) is 0.521. The highest BCUT2D eigenvalue weighted by atomic mass is 14.2. The van der Waals surface area contributed by atoms with E-state index in [1.807, 2.05) is 0 Å². The van der Waals surface area contributed by atoms with Gasteiger partial charge in [-0.05, 0) is 37.5 Å². The predicted octanol–water partition coefficient (Wildman–Crippen LogP) is 4.19. The van der Waals surface area contributed by atoms with Gasteiger partial charge in [-0.25, -0.2) is 0 Å². The Labute approximate surface area is 82.7 Å². The third-order valence-electron chi connectivity index (χ3n) is 3.19. The maximum atomic E-state index is 2.39. The Hall–Kier alpha value is -0.520. The molecule has 0 heteroatoms. The van der Waals surface area contributed by atoms with Crippen molar-refractivity contribution in [1.29, 1.82) is 0 Å². The summed E-state index contributed by atoms with van der Waals surface area (Å²) in [5, 5.41) is 0. The average Bonchev–Trinajstić information content (AvgIpc) is 2.12. The zero-order chi connectivity index (χ0) is 9.84. The summed E-state index contributed by atoms with van der Waals surface area (Å²) in [6.45, 7) is 9.21. The van der Waals surface area contributed by atoms with Crippen molar-refractivity contribution in [3.05, 3.63) is 23.8 Å². The average molecular weight is 178 g/mol. The van der Waals surface area contributed by atoms with Crippen LogP contribution in [0, 0.1) is 17.8 Å². The molecule has 0 spiro atoms. The summed E-state index contributed by atoms with van der Waals surface area (Å²) in [5.74, 6) is 2.31. The van der Waals surface area contributed by atoms with Crippen molar-refractivity contribution in [3.8, 4) is 0 Å². The van der Waals surface area contributed by atoms with E-state index in [4.69, 9.17) is 0 Å². The molecule has 1 unspecified atom stereocenters. The second kappa shape index (κ2) is 4.64. The van der Waals surface area contributed by atoms with Crippen LogP contribution in [-0.2, 0) is 0 Å². The zero-order valence-electron chi connectivity index (χ0n) is 9.38. The summed E-state index contributed by atoms with van der Waals surface area (Å²) in [6, 6.07) is 0. The summed E-state index contributed by atoms with van der Waals surface area (Å²) in [5.41, 5.74) is 1.42. The molecular formula is C13H22. The van der Waals surface area contributed by atoms with E-state index in [0.29, 0.717) is 0 Å². The minimum Gasteiger partial charge on any atom is -0.0812 e. The molecule has 0 aromatic heterocycles. The molecule has 0 aliphatic heterocycles. The summed E-state index contributed by atoms with van der Waals surface area (Å²) in [6.07, 6.45) is 9.72. The fourth-order valence-electron chi connectivity index (χ4n) is 1.87. The second-order valence-corrected chi connectivity index (χ2v) is 4.66. The van der Waals surface area contributed by atoms with Gasteiger partial charge in [-0.3, -0.25) is 0 Å². The molecule has 0 amide bonds. The molecule has 1 aliphatic carbocycles. The van der Waals surface area contributed by atoms with Gasteiger partial charge in [-0.15, -0.1) is 0 Å². The Bertz CT molecular complexity index is 210. The van der Waals surface area contributed by atoms with Gasteiger partial charge in [0.15, 0.2) is 0 Å². The smallest absolute Gasteiger partial charge is 0.0233 e. The van der Waals surface area contributed by atoms with Crippen molar-refractivity contribution in [2.75, 3.05) is 0 Å². The molecule has 0 aromatic carbocycles. The van der Waals surface area contributed by atoms with Gasteiger partial charge >= 0.3 is 0 Å². The first-order valence-electron chi connectivity index (χ1n) is 5.46. The summed E-state index contributed by atoms with van der Waals surface area (Å²) in [7, 11) is 0. The monoisotopic (exact) mass is 178 g/mol. The van der Waals surface area contributed by atoms with Crippen molar-refractivity contribution in [3.63, 3.8) is 0 Å². The van der Waals surface area contributed by atoms with Gasteiger partial charge in [-0.2, -0.15) is 0 Å². The molecular weight excluding hydrogens is 156 g/mol. The first-order valence-corrected chi connectivity index (χ1v) is 5.46. The number of hydrogen-bond donors (Lipinski definition) is 0. The lowest BCUT2D eigenvalue weighted by Gasteiger charge is -2.16. The molecule has 74 valence electrons. The van der Waals surface area contributed by atoms with Gasteiger partial charge in [0, 0.05) is 0 Å². The molecule has 0 fully saturated rings. The fourth-order valence-corrected chi connectivity index (χ4v) is 1.87. The molecule has 0 radical (unpaired) electrons. The SMILES string of the molecule is CC1=CC(C)CC[C@@H](C)[C@@H](C)C=C1. The summed E-state index contributed by atoms with van der Waals surface area (Å²) in [4.78, 5) is 0. The van der Waals surface area contributed by atoms with E-state index < -0.39 is 0 Å². The Morgan fingerprint density at radius 2 is 1.85 bits per heavy atom. The van der Waals surface area contributed by atoms with Crippen LogP contribution in [0.15, 0.2) is 23.8 Å². The molecule has 0 heterocycles. The van der Waals surface area contributed by atoms with Crippen LogP contribution in [0.5, 0.6) is 0 Å². The first kappa shape index (κ1) is 10.6. The van der Waals surface area contributed by atoms with E-state index in [-0.39, 0.29) is 0 Å². The van der Waals surface area contributed by atoms with Crippen LogP contribution >= 0.6 is 0 Å². The molecule has 1 aliphatic rings. The van der Waals surface area contributed by atoms with Crippen LogP contribution in [0.25, 0.3) is 0 Å². The normalized spacial score (nSPS) is 36.0. The summed E-state index contributed by atoms with van der Waals surface area (Å²) < 4.78 is 0. The fraction of sp³-hybridized carbons (Fsp3) is 0.692. The van der Waals surface area contributed by atoms with E-state index in [1.54, 1.807) is 0 Å². The molecule has 0 N–H and O–H groups in total. The van der Waals surface area contributed by atoms with Crippen LogP contribution in [0.4, 0.5) is 0 Å². The van der Waals surface area contributed by atoms with Crippen molar-refractivity contribution in [2.24, 2.45) is 17.8 Å². The second-order valence-electron chi connectivity index (χ2n) is 4.66. The van der Waals surface area contributed by atoms with Crippen molar-refractivity contribution in [2.45, 2.75) is 40.5 Å². The largest absolute Gasteiger partial charge is 0.0812 e. The van der Waals surface area contributed by atoms with Crippen molar-refractivity contribution >= 4 is 0 Å². The molecule has 3 atom stereocenters. The third-order valence-corrected chi connectivity index (χ3v) is 3.19. The maximum Gasteiger partial charge on any atom is -0.0233 e. The van der Waals surface area contributed by atoms with Crippen LogP contribution in [0.1, 0.15) is 40.5 Å². The van der Waals surface area contributed by atoms with Gasteiger partial charge in [0.1, 0.15) is 0 Å². The van der Waals surface area contributed by atoms with Crippen LogP contribution in [-0.4, -0.2) is 0 Å². The van der Waals surface area contributed by atoms with Gasteiger partial charge in [0.2, 0.25) is 0 Å². The highest BCUT2D eigenvalue weighted by Crippen LogP contribution is 2.24. The van der Waals surface area contributed by atoms with Crippen LogP contribution in [0.3, 0.4) is 0 Å². The minimum absolute atomic E-state index is 0.730. The Morgan fingerprint density at radius 3 is 2.54 bits per heavy atom. The van der Waals surface area contributed by atoms with Crippen molar-refractivity contribution in [1.82, 2.24) is 0 Å². The van der Waals surface area contributed by atoms with E-state index in [1.165, 1.54) is 18.4 Å². The Morgan fingerprint density at radius 1 is 1.15 bits per heavy atom. The lowest BCUT2D eigenvalue weighted by atomic mass is 9.89. The number of rotatable bonds is 0. The Balaban J connectivity index is 2.72. The van der Waals surface area contributed by atoms with Gasteiger partial charge < -0.3 is 0 Å².